The van der Waals surface area contributed by atoms with E-state index < -0.39 is 0 Å². The number of halogens is 1. The summed E-state index contributed by atoms with van der Waals surface area (Å²) in [6.07, 6.45) is 7.67. The Morgan fingerprint density at radius 1 is 1.24 bits per heavy atom. The molecule has 1 rings (SSSR count). The molecule has 37 heavy (non-hydrogen) atoms. The fourth-order valence-corrected chi connectivity index (χ4v) is 4.08. The summed E-state index contributed by atoms with van der Waals surface area (Å²) in [4.78, 5) is 19.1. The van der Waals surface area contributed by atoms with Crippen molar-refractivity contribution in [3.8, 4) is 0 Å². The van der Waals surface area contributed by atoms with Crippen LogP contribution in [0.2, 0.25) is 0 Å². The number of benzene rings is 1. The second kappa shape index (κ2) is 18.6. The van der Waals surface area contributed by atoms with Crippen molar-refractivity contribution in [2.45, 2.75) is 54.0 Å². The summed E-state index contributed by atoms with van der Waals surface area (Å²) in [5, 5.41) is 10.00. The number of rotatable bonds is 18. The molecule has 1 aromatic carbocycles. The van der Waals surface area contributed by atoms with Gasteiger partial charge in [-0.2, -0.15) is 0 Å². The lowest BCUT2D eigenvalue weighted by molar-refractivity contribution is 0.0999. The summed E-state index contributed by atoms with van der Waals surface area (Å²) in [6, 6.07) is 5.85. The molecule has 0 radical (unpaired) electrons. The quantitative estimate of drug-likeness (QED) is 0.0955. The molecule has 0 fully saturated rings. The number of primary amides is 1. The SMILES string of the molecule is C=CN/C(C)=C/N=C(\C(C)=C/C)N(CCNCCCl)CC(CC)CCNCc1ccc(C)cc1C(N)=O. The zero-order chi connectivity index (χ0) is 27.6. The van der Waals surface area contributed by atoms with Crippen molar-refractivity contribution < 1.29 is 4.79 Å². The van der Waals surface area contributed by atoms with Crippen LogP contribution in [-0.4, -0.2) is 55.2 Å². The van der Waals surface area contributed by atoms with E-state index in [9.17, 15) is 4.79 Å². The largest absolute Gasteiger partial charge is 0.366 e. The number of nitrogens with two attached hydrogens (primary N) is 1. The maximum Gasteiger partial charge on any atom is 0.249 e. The van der Waals surface area contributed by atoms with E-state index in [4.69, 9.17) is 22.3 Å². The Morgan fingerprint density at radius 3 is 2.62 bits per heavy atom. The van der Waals surface area contributed by atoms with Gasteiger partial charge in [0.25, 0.3) is 0 Å². The number of hydrogen-bond acceptors (Lipinski definition) is 5. The van der Waals surface area contributed by atoms with Gasteiger partial charge >= 0.3 is 0 Å². The Kier molecular flexibility index (Phi) is 16.3. The first-order valence-electron chi connectivity index (χ1n) is 13.1. The van der Waals surface area contributed by atoms with Crippen molar-refractivity contribution in [1.29, 1.82) is 0 Å². The predicted molar refractivity (Wildman–Crippen MR) is 159 cm³/mol. The van der Waals surface area contributed by atoms with Gasteiger partial charge in [-0.15, -0.1) is 11.6 Å². The van der Waals surface area contributed by atoms with E-state index in [1.165, 1.54) is 0 Å². The summed E-state index contributed by atoms with van der Waals surface area (Å²) in [7, 11) is 0. The maximum absolute atomic E-state index is 11.8. The average Bonchev–Trinajstić information content (AvgIpc) is 2.88. The fourth-order valence-electron chi connectivity index (χ4n) is 3.95. The molecule has 1 unspecified atom stereocenters. The van der Waals surface area contributed by atoms with E-state index in [-0.39, 0.29) is 5.91 Å². The Hall–Kier alpha value is -2.61. The zero-order valence-electron chi connectivity index (χ0n) is 23.4. The number of allylic oxidation sites excluding steroid dienone is 2. The molecule has 0 bridgehead atoms. The molecular weight excluding hydrogens is 484 g/mol. The third-order valence-electron chi connectivity index (χ3n) is 6.26. The maximum atomic E-state index is 11.8. The fraction of sp³-hybridized carbons (Fsp3) is 0.517. The summed E-state index contributed by atoms with van der Waals surface area (Å²) < 4.78 is 0. The first kappa shape index (κ1) is 32.4. The van der Waals surface area contributed by atoms with Gasteiger partial charge in [0.1, 0.15) is 5.84 Å². The number of nitrogens with zero attached hydrogens (tertiary/aromatic N) is 2. The van der Waals surface area contributed by atoms with Crippen LogP contribution in [0.1, 0.15) is 62.0 Å². The molecule has 8 heteroatoms. The Bertz CT molecular complexity index is 940. The van der Waals surface area contributed by atoms with Gasteiger partial charge < -0.3 is 26.6 Å². The van der Waals surface area contributed by atoms with Gasteiger partial charge in [-0.3, -0.25) is 4.79 Å². The highest BCUT2D eigenvalue weighted by molar-refractivity contribution is 6.18. The van der Waals surface area contributed by atoms with Gasteiger partial charge in [-0.05, 0) is 70.0 Å². The molecule has 7 nitrogen and oxygen atoms in total. The first-order valence-corrected chi connectivity index (χ1v) is 13.7. The number of aliphatic imine (C=N–C) groups is 1. The minimum Gasteiger partial charge on any atom is -0.366 e. The molecule has 0 saturated heterocycles. The monoisotopic (exact) mass is 530 g/mol. The second-order valence-electron chi connectivity index (χ2n) is 9.23. The lowest BCUT2D eigenvalue weighted by Crippen LogP contribution is -2.41. The molecule has 0 aliphatic heterocycles. The van der Waals surface area contributed by atoms with Crippen molar-refractivity contribution in [1.82, 2.24) is 20.9 Å². The van der Waals surface area contributed by atoms with Gasteiger partial charge in [0.15, 0.2) is 0 Å². The molecular formula is C29H47ClN6O. The minimum atomic E-state index is -0.385. The van der Waals surface area contributed by atoms with E-state index in [1.54, 1.807) is 6.20 Å². The molecule has 0 aliphatic rings. The molecule has 0 heterocycles. The lowest BCUT2D eigenvalue weighted by atomic mass is 10.0. The van der Waals surface area contributed by atoms with Crippen LogP contribution in [0.5, 0.6) is 0 Å². The summed E-state index contributed by atoms with van der Waals surface area (Å²) in [5.74, 6) is 1.65. The second-order valence-corrected chi connectivity index (χ2v) is 9.61. The summed E-state index contributed by atoms with van der Waals surface area (Å²) in [5.41, 5.74) is 10.2. The van der Waals surface area contributed by atoms with Crippen LogP contribution in [0.25, 0.3) is 0 Å². The Balaban J connectivity index is 2.94. The van der Waals surface area contributed by atoms with Crippen molar-refractivity contribution >= 4 is 23.3 Å². The molecule has 0 spiro atoms. The van der Waals surface area contributed by atoms with Crippen molar-refractivity contribution in [2.75, 3.05) is 38.6 Å². The number of amides is 1. The lowest BCUT2D eigenvalue weighted by Gasteiger charge is -2.31. The predicted octanol–water partition coefficient (Wildman–Crippen LogP) is 4.69. The average molecular weight is 531 g/mol. The van der Waals surface area contributed by atoms with Crippen LogP contribution >= 0.6 is 11.6 Å². The number of alkyl halides is 1. The van der Waals surface area contributed by atoms with Crippen LogP contribution in [0.3, 0.4) is 0 Å². The molecule has 1 atom stereocenters. The molecule has 0 aromatic heterocycles. The standard InChI is InChI=1S/C29H47ClN6O/c1-7-23(5)29(35-19-24(6)34-9-3)36(17-16-32-15-13-30)21-25(8-2)12-14-33-20-26-11-10-22(4)18-27(26)28(31)37/h7,9-11,18-19,25,32-34H,3,8,12-17,20-21H2,1-2,4-6H3,(H2,31,37)/b23-7-,24-19+,35-29+. The van der Waals surface area contributed by atoms with Gasteiger partial charge in [-0.1, -0.05) is 43.7 Å². The van der Waals surface area contributed by atoms with E-state index in [0.29, 0.717) is 23.9 Å². The highest BCUT2D eigenvalue weighted by Crippen LogP contribution is 2.15. The van der Waals surface area contributed by atoms with Gasteiger partial charge in [0.05, 0.1) is 0 Å². The zero-order valence-corrected chi connectivity index (χ0v) is 24.1. The van der Waals surface area contributed by atoms with E-state index >= 15 is 0 Å². The number of carbonyl (C=O) groups is 1. The van der Waals surface area contributed by atoms with Crippen LogP contribution in [0, 0.1) is 12.8 Å². The van der Waals surface area contributed by atoms with E-state index in [0.717, 1.165) is 73.8 Å². The van der Waals surface area contributed by atoms with Gasteiger partial charge in [0, 0.05) is 56.1 Å². The Morgan fingerprint density at radius 2 is 2.00 bits per heavy atom. The van der Waals surface area contributed by atoms with Gasteiger partial charge in [0.2, 0.25) is 5.91 Å². The number of amidine groups is 1. The minimum absolute atomic E-state index is 0.385. The summed E-state index contributed by atoms with van der Waals surface area (Å²) in [6.45, 7) is 18.8. The third kappa shape index (κ3) is 12.5. The highest BCUT2D eigenvalue weighted by atomic mass is 35.5. The van der Waals surface area contributed by atoms with E-state index in [2.05, 4.69) is 47.4 Å². The smallest absolute Gasteiger partial charge is 0.249 e. The number of hydrogen-bond donors (Lipinski definition) is 4. The van der Waals surface area contributed by atoms with Crippen molar-refractivity contribution in [3.05, 3.63) is 71.2 Å². The van der Waals surface area contributed by atoms with Crippen molar-refractivity contribution in [2.24, 2.45) is 16.6 Å². The highest BCUT2D eigenvalue weighted by Gasteiger charge is 2.18. The molecule has 206 valence electrons. The normalized spacial score (nSPS) is 13.4. The van der Waals surface area contributed by atoms with E-state index in [1.807, 2.05) is 45.2 Å². The van der Waals surface area contributed by atoms with Crippen LogP contribution < -0.4 is 21.7 Å². The molecule has 0 saturated carbocycles. The molecule has 1 amide bonds. The summed E-state index contributed by atoms with van der Waals surface area (Å²) >= 11 is 5.86. The Labute approximate surface area is 229 Å². The first-order chi connectivity index (χ1) is 17.8. The van der Waals surface area contributed by atoms with Crippen LogP contribution in [-0.2, 0) is 6.54 Å². The van der Waals surface area contributed by atoms with Crippen LogP contribution in [0.4, 0.5) is 0 Å². The van der Waals surface area contributed by atoms with Crippen molar-refractivity contribution in [3.63, 3.8) is 0 Å². The molecule has 0 aliphatic carbocycles. The molecule has 5 N–H and O–H groups in total. The van der Waals surface area contributed by atoms with Crippen LogP contribution in [0.15, 0.2) is 59.5 Å². The van der Waals surface area contributed by atoms with Gasteiger partial charge in [-0.25, -0.2) is 4.99 Å². The third-order valence-corrected chi connectivity index (χ3v) is 6.45. The number of aryl methyl sites for hydroxylation is 1. The topological polar surface area (TPSA) is 94.8 Å². The number of nitrogens with one attached hydrogen (secondary N) is 3. The number of carbonyl (C=O) groups excluding carboxylic acids is 1. The molecule has 1 aromatic rings.